The van der Waals surface area contributed by atoms with Gasteiger partial charge in [-0.3, -0.25) is 39.5 Å². The number of aliphatic hydroxyl groups is 1. The third-order valence-electron chi connectivity index (χ3n) is 9.65. The number of amides is 6. The number of carbonyl (C=O) groups is 6. The lowest BCUT2D eigenvalue weighted by atomic mass is 9.92. The number of nitrogens with two attached hydrogens (primary N) is 1. The molecule has 282 valence electrons. The number of piperidine rings is 1. The second-order valence-corrected chi connectivity index (χ2v) is 13.3. The predicted octanol–water partition coefficient (Wildman–Crippen LogP) is -1.90. The van der Waals surface area contributed by atoms with E-state index >= 15 is 0 Å². The molecule has 3 aliphatic heterocycles. The number of rotatable bonds is 15. The van der Waals surface area contributed by atoms with Crippen molar-refractivity contribution in [3.05, 3.63) is 77.9 Å². The molecular formula is C36H45N9O8. The highest BCUT2D eigenvalue weighted by molar-refractivity contribution is 6.07. The maximum Gasteiger partial charge on any atom is 0.282 e. The van der Waals surface area contributed by atoms with Crippen LogP contribution in [0, 0.1) is 5.41 Å². The molecule has 3 saturated heterocycles. The van der Waals surface area contributed by atoms with Crippen LogP contribution in [0.25, 0.3) is 0 Å². The van der Waals surface area contributed by atoms with E-state index in [0.717, 1.165) is 11.1 Å². The first kappa shape index (κ1) is 38.4. The zero-order valence-electron chi connectivity index (χ0n) is 29.0. The summed E-state index contributed by atoms with van der Waals surface area (Å²) in [5, 5.41) is 41.7. The van der Waals surface area contributed by atoms with Crippen LogP contribution in [0.4, 0.5) is 0 Å². The number of benzene rings is 2. The van der Waals surface area contributed by atoms with Crippen LogP contribution >= 0.6 is 0 Å². The van der Waals surface area contributed by atoms with Crippen molar-refractivity contribution in [2.75, 3.05) is 19.6 Å². The zero-order chi connectivity index (χ0) is 38.1. The molecule has 6 amide bonds. The Morgan fingerprint density at radius 2 is 1.72 bits per heavy atom. The van der Waals surface area contributed by atoms with E-state index in [1.54, 1.807) is 12.1 Å². The molecule has 17 heteroatoms. The van der Waals surface area contributed by atoms with Gasteiger partial charge in [-0.1, -0.05) is 48.5 Å². The van der Waals surface area contributed by atoms with E-state index in [9.17, 15) is 39.0 Å². The molecule has 3 fully saturated rings. The van der Waals surface area contributed by atoms with Gasteiger partial charge in [0.05, 0.1) is 18.1 Å². The quantitative estimate of drug-likeness (QED) is 0.0726. The van der Waals surface area contributed by atoms with Gasteiger partial charge in [-0.25, -0.2) is 0 Å². The van der Waals surface area contributed by atoms with Gasteiger partial charge in [0.25, 0.3) is 5.91 Å². The summed E-state index contributed by atoms with van der Waals surface area (Å²) in [7, 11) is 0. The Kier molecular flexibility index (Phi) is 12.4. The molecule has 2 aromatic rings. The maximum atomic E-state index is 13.6. The molecule has 0 aliphatic carbocycles. The first-order chi connectivity index (χ1) is 25.4. The summed E-state index contributed by atoms with van der Waals surface area (Å²) < 4.78 is 0. The Labute approximate surface area is 305 Å². The van der Waals surface area contributed by atoms with Crippen LogP contribution in [-0.4, -0.2) is 117 Å². The van der Waals surface area contributed by atoms with Gasteiger partial charge in [0.15, 0.2) is 0 Å². The first-order valence-electron chi connectivity index (χ1n) is 17.4. The Balaban J connectivity index is 1.20. The number of fused-ring (bicyclic) bond motifs is 1. The van der Waals surface area contributed by atoms with E-state index < -0.39 is 65.5 Å². The van der Waals surface area contributed by atoms with Crippen molar-refractivity contribution in [2.24, 2.45) is 5.73 Å². The SMILES string of the molecule is N=C1NC(=O)C2(O)C(NC(=O)C3CCCN3C(=O)C(CNC(=O)C=CC(Cc3ccc(O)cc3)NC(=O)C(N)Cc3ccccc3)NC=O)CCCN12. The molecule has 17 nitrogen and oxygen atoms in total. The minimum atomic E-state index is -2.13. The predicted molar refractivity (Wildman–Crippen MR) is 190 cm³/mol. The summed E-state index contributed by atoms with van der Waals surface area (Å²) >= 11 is 0. The number of nitrogens with one attached hydrogen (secondary N) is 6. The van der Waals surface area contributed by atoms with Gasteiger partial charge in [-0.05, 0) is 61.8 Å². The van der Waals surface area contributed by atoms with Gasteiger partial charge < -0.3 is 47.0 Å². The number of aromatic hydroxyl groups is 1. The van der Waals surface area contributed by atoms with E-state index in [-0.39, 0.29) is 44.2 Å². The highest BCUT2D eigenvalue weighted by atomic mass is 16.3. The minimum absolute atomic E-state index is 0.0717. The Bertz CT molecular complexity index is 1720. The number of hydrogen-bond donors (Lipinski definition) is 9. The maximum absolute atomic E-state index is 13.6. The van der Waals surface area contributed by atoms with Crippen LogP contribution in [0.1, 0.15) is 36.8 Å². The lowest BCUT2D eigenvalue weighted by molar-refractivity contribution is -0.160. The normalized spacial score (nSPS) is 22.7. The largest absolute Gasteiger partial charge is 0.508 e. The van der Waals surface area contributed by atoms with Crippen LogP contribution in [0.2, 0.25) is 0 Å². The van der Waals surface area contributed by atoms with Crippen molar-refractivity contribution in [3.63, 3.8) is 0 Å². The number of carbonyl (C=O) groups excluding carboxylic acids is 6. The van der Waals surface area contributed by atoms with Crippen molar-refractivity contribution in [1.82, 2.24) is 36.4 Å². The summed E-state index contributed by atoms with van der Waals surface area (Å²) in [6.07, 6.45) is 5.10. The smallest absolute Gasteiger partial charge is 0.282 e. The van der Waals surface area contributed by atoms with Crippen molar-refractivity contribution in [3.8, 4) is 5.75 Å². The van der Waals surface area contributed by atoms with E-state index in [1.807, 2.05) is 30.3 Å². The van der Waals surface area contributed by atoms with Crippen molar-refractivity contribution >= 4 is 41.9 Å². The standard InChI is InChI=1S/C36H45N9O8/c37-26(19-22-6-2-1-3-7-22)31(49)41-24(18-23-10-13-25(47)14-11-23)12-15-30(48)39-20-27(40-21-46)33(51)44-16-4-8-28(44)32(50)42-29-9-5-17-45-35(38)43-34(52)36(29,45)53/h1-3,6-7,10-15,21,24,26-29,47,53H,4-5,8-9,16-20,37H2,(H,39,48)(H,40,46)(H,41,49)(H,42,50)(H2,38,43,52). The number of guanidine groups is 1. The van der Waals surface area contributed by atoms with E-state index in [2.05, 4.69) is 26.6 Å². The molecule has 5 rings (SSSR count). The van der Waals surface area contributed by atoms with Crippen molar-refractivity contribution in [1.29, 1.82) is 5.41 Å². The Morgan fingerprint density at radius 1 is 1.02 bits per heavy atom. The Morgan fingerprint density at radius 3 is 2.43 bits per heavy atom. The molecule has 2 aromatic carbocycles. The second-order valence-electron chi connectivity index (χ2n) is 13.3. The third kappa shape index (κ3) is 9.17. The molecule has 53 heavy (non-hydrogen) atoms. The second kappa shape index (κ2) is 17.1. The molecule has 0 aromatic heterocycles. The van der Waals surface area contributed by atoms with Gasteiger partial charge in [0.1, 0.15) is 17.8 Å². The molecule has 0 bridgehead atoms. The average Bonchev–Trinajstić information content (AvgIpc) is 3.72. The molecule has 6 atom stereocenters. The van der Waals surface area contributed by atoms with Crippen LogP contribution in [0.5, 0.6) is 5.75 Å². The van der Waals surface area contributed by atoms with Crippen molar-refractivity contribution < 1.29 is 39.0 Å². The zero-order valence-corrected chi connectivity index (χ0v) is 29.0. The van der Waals surface area contributed by atoms with E-state index in [4.69, 9.17) is 11.1 Å². The number of phenolic OH excluding ortho intramolecular Hbond substituents is 1. The molecule has 10 N–H and O–H groups in total. The molecule has 6 unspecified atom stereocenters. The van der Waals surface area contributed by atoms with Crippen molar-refractivity contribution in [2.45, 2.75) is 74.5 Å². The van der Waals surface area contributed by atoms with E-state index in [1.165, 1.54) is 34.1 Å². The monoisotopic (exact) mass is 731 g/mol. The van der Waals surface area contributed by atoms with E-state index in [0.29, 0.717) is 32.1 Å². The number of hydrogen-bond acceptors (Lipinski definition) is 10. The van der Waals surface area contributed by atoms with Gasteiger partial charge in [0.2, 0.25) is 41.7 Å². The fourth-order valence-corrected chi connectivity index (χ4v) is 6.86. The fraction of sp³-hybridized carbons (Fsp3) is 0.417. The lowest BCUT2D eigenvalue weighted by Crippen LogP contribution is -2.67. The summed E-state index contributed by atoms with van der Waals surface area (Å²) in [6.45, 7) is 0.131. The van der Waals surface area contributed by atoms with Gasteiger partial charge in [-0.15, -0.1) is 0 Å². The molecule has 3 aliphatic rings. The lowest BCUT2D eigenvalue weighted by Gasteiger charge is -2.42. The summed E-state index contributed by atoms with van der Waals surface area (Å²) in [5.74, 6) is -3.27. The molecular weight excluding hydrogens is 686 g/mol. The van der Waals surface area contributed by atoms with Gasteiger partial charge >= 0.3 is 0 Å². The highest BCUT2D eigenvalue weighted by Gasteiger charge is 2.58. The molecule has 0 saturated carbocycles. The molecule has 0 spiro atoms. The minimum Gasteiger partial charge on any atom is -0.508 e. The fourth-order valence-electron chi connectivity index (χ4n) is 6.86. The Hall–Kier alpha value is -5.81. The molecule has 0 radical (unpaired) electrons. The van der Waals surface area contributed by atoms with Crippen LogP contribution < -0.4 is 32.3 Å². The third-order valence-corrected chi connectivity index (χ3v) is 9.65. The number of likely N-dealkylation sites (tertiary alicyclic amines) is 1. The number of nitrogens with zero attached hydrogens (tertiary/aromatic N) is 2. The summed E-state index contributed by atoms with van der Waals surface area (Å²) in [5.41, 5.74) is 5.71. The van der Waals surface area contributed by atoms with Crippen LogP contribution in [-0.2, 0) is 41.6 Å². The van der Waals surface area contributed by atoms with Gasteiger partial charge in [-0.2, -0.15) is 0 Å². The molecule has 3 heterocycles. The topological polar surface area (TPSA) is 259 Å². The van der Waals surface area contributed by atoms with Crippen LogP contribution in [0.3, 0.4) is 0 Å². The van der Waals surface area contributed by atoms with Crippen LogP contribution in [0.15, 0.2) is 66.7 Å². The average molecular weight is 732 g/mol. The van der Waals surface area contributed by atoms with Gasteiger partial charge in [0, 0.05) is 25.7 Å². The summed E-state index contributed by atoms with van der Waals surface area (Å²) in [4.78, 5) is 79.7. The first-order valence-corrected chi connectivity index (χ1v) is 17.4. The number of phenols is 1. The summed E-state index contributed by atoms with van der Waals surface area (Å²) in [6, 6.07) is 10.9. The highest BCUT2D eigenvalue weighted by Crippen LogP contribution is 2.31.